The van der Waals surface area contributed by atoms with Gasteiger partial charge in [-0.2, -0.15) is 0 Å². The van der Waals surface area contributed by atoms with Crippen LogP contribution in [-0.4, -0.2) is 16.4 Å². The maximum atomic E-state index is 12.2. The Balaban J connectivity index is 2.98. The van der Waals surface area contributed by atoms with Gasteiger partial charge in [0.15, 0.2) is 0 Å². The molecule has 0 saturated heterocycles. The Hall–Kier alpha value is -0.650. The first-order valence-electron chi connectivity index (χ1n) is 5.37. The molecule has 1 unspecified atom stereocenters. The van der Waals surface area contributed by atoms with E-state index in [2.05, 4.69) is 21.2 Å². The van der Waals surface area contributed by atoms with Crippen molar-refractivity contribution < 1.29 is 4.79 Å². The maximum Gasteiger partial charge on any atom is 0.253 e. The number of benzene rings is 1. The summed E-state index contributed by atoms with van der Waals surface area (Å²) >= 11 is 14.1. The molecule has 0 aliphatic rings. The van der Waals surface area contributed by atoms with E-state index in [4.69, 9.17) is 29.6 Å². The summed E-state index contributed by atoms with van der Waals surface area (Å²) in [4.78, 5) is 12.4. The van der Waals surface area contributed by atoms with Crippen LogP contribution >= 0.6 is 39.7 Å². The van der Waals surface area contributed by atoms with Crippen LogP contribution in [-0.2, 0) is 0 Å². The summed E-state index contributed by atoms with van der Waals surface area (Å²) in [6, 6.07) is 4.98. The van der Waals surface area contributed by atoms with Crippen LogP contribution in [0.4, 0.5) is 0 Å². The van der Waals surface area contributed by atoms with Gasteiger partial charge in [-0.1, -0.05) is 30.7 Å². The zero-order valence-corrected chi connectivity index (χ0v) is 13.2. The fraction of sp³-hybridized carbons (Fsp3) is 0.333. The Bertz CT molecular complexity index is 495. The molecule has 0 aliphatic heterocycles. The lowest BCUT2D eigenvalue weighted by atomic mass is 9.98. The molecule has 98 valence electrons. The second-order valence-electron chi connectivity index (χ2n) is 4.13. The van der Waals surface area contributed by atoms with Gasteiger partial charge in [-0.15, -0.1) is 0 Å². The van der Waals surface area contributed by atoms with Crippen molar-refractivity contribution in [2.24, 2.45) is 5.73 Å². The summed E-state index contributed by atoms with van der Waals surface area (Å²) < 4.78 is 0.633. The van der Waals surface area contributed by atoms with Gasteiger partial charge < -0.3 is 11.1 Å². The van der Waals surface area contributed by atoms with E-state index in [1.54, 1.807) is 25.1 Å². The van der Waals surface area contributed by atoms with E-state index in [1.165, 1.54) is 0 Å². The van der Waals surface area contributed by atoms with Crippen molar-refractivity contribution in [1.82, 2.24) is 5.32 Å². The zero-order valence-electron chi connectivity index (χ0n) is 10.1. The lowest BCUT2D eigenvalue weighted by Crippen LogP contribution is -2.54. The van der Waals surface area contributed by atoms with Crippen molar-refractivity contribution in [3.8, 4) is 0 Å². The fourth-order valence-electron chi connectivity index (χ4n) is 1.32. The number of carbonyl (C=O) groups is 1. The standard InChI is InChI=1S/C12H14BrClN2OS/c1-3-12(2,11(15)18)16-10(17)8-5-4-7(14)6-9(8)13/h4-6H,3H2,1-2H3,(H2,15,18)(H,16,17). The van der Waals surface area contributed by atoms with Crippen LogP contribution < -0.4 is 11.1 Å². The Morgan fingerprint density at radius 2 is 2.22 bits per heavy atom. The molecule has 6 heteroatoms. The molecule has 3 nitrogen and oxygen atoms in total. The second-order valence-corrected chi connectivity index (χ2v) is 5.86. The molecule has 0 aromatic heterocycles. The van der Waals surface area contributed by atoms with Crippen LogP contribution in [0.15, 0.2) is 22.7 Å². The summed E-state index contributed by atoms with van der Waals surface area (Å²) in [6.45, 7) is 3.72. The van der Waals surface area contributed by atoms with Gasteiger partial charge in [-0.3, -0.25) is 4.79 Å². The topological polar surface area (TPSA) is 55.1 Å². The van der Waals surface area contributed by atoms with Crippen molar-refractivity contribution >= 4 is 50.6 Å². The molecule has 0 aliphatic carbocycles. The lowest BCUT2D eigenvalue weighted by Gasteiger charge is -2.28. The third-order valence-corrected chi connectivity index (χ3v) is 4.16. The summed E-state index contributed by atoms with van der Waals surface area (Å²) in [7, 11) is 0. The molecule has 0 fully saturated rings. The van der Waals surface area contributed by atoms with Gasteiger partial charge >= 0.3 is 0 Å². The zero-order chi connectivity index (χ0) is 13.9. The molecular formula is C12H14BrClN2OS. The highest BCUT2D eigenvalue weighted by Gasteiger charge is 2.28. The molecule has 0 bridgehead atoms. The van der Waals surface area contributed by atoms with Crippen molar-refractivity contribution in [1.29, 1.82) is 0 Å². The molecule has 0 radical (unpaired) electrons. The molecule has 1 atom stereocenters. The number of nitrogens with one attached hydrogen (secondary N) is 1. The summed E-state index contributed by atoms with van der Waals surface area (Å²) in [6.07, 6.45) is 0.624. The van der Waals surface area contributed by atoms with Gasteiger partial charge in [0.25, 0.3) is 5.91 Å². The van der Waals surface area contributed by atoms with Gasteiger partial charge in [0.2, 0.25) is 0 Å². The first-order valence-corrected chi connectivity index (χ1v) is 6.95. The van der Waals surface area contributed by atoms with E-state index in [0.29, 0.717) is 21.5 Å². The SMILES string of the molecule is CCC(C)(NC(=O)c1ccc(Cl)cc1Br)C(N)=S. The number of hydrogen-bond acceptors (Lipinski definition) is 2. The first kappa shape index (κ1) is 15.4. The Kier molecular flexibility index (Phi) is 5.13. The van der Waals surface area contributed by atoms with Crippen molar-refractivity contribution in [2.75, 3.05) is 0 Å². The van der Waals surface area contributed by atoms with Crippen molar-refractivity contribution in [2.45, 2.75) is 25.8 Å². The van der Waals surface area contributed by atoms with Crippen LogP contribution in [0.2, 0.25) is 5.02 Å². The largest absolute Gasteiger partial charge is 0.391 e. The molecular weight excluding hydrogens is 336 g/mol. The quantitative estimate of drug-likeness (QED) is 0.820. The van der Waals surface area contributed by atoms with E-state index < -0.39 is 5.54 Å². The highest BCUT2D eigenvalue weighted by Crippen LogP contribution is 2.22. The van der Waals surface area contributed by atoms with Crippen LogP contribution in [0.25, 0.3) is 0 Å². The van der Waals surface area contributed by atoms with E-state index in [0.717, 1.165) is 0 Å². The number of rotatable bonds is 4. The van der Waals surface area contributed by atoms with E-state index in [-0.39, 0.29) is 10.9 Å². The molecule has 0 spiro atoms. The van der Waals surface area contributed by atoms with Crippen LogP contribution in [0.5, 0.6) is 0 Å². The molecule has 3 N–H and O–H groups in total. The lowest BCUT2D eigenvalue weighted by molar-refractivity contribution is 0.0926. The molecule has 0 saturated carbocycles. The minimum Gasteiger partial charge on any atom is -0.391 e. The monoisotopic (exact) mass is 348 g/mol. The normalized spacial score (nSPS) is 13.8. The van der Waals surface area contributed by atoms with Gasteiger partial charge in [-0.25, -0.2) is 0 Å². The molecule has 18 heavy (non-hydrogen) atoms. The van der Waals surface area contributed by atoms with Crippen molar-refractivity contribution in [3.05, 3.63) is 33.3 Å². The number of thiocarbonyl (C=S) groups is 1. The van der Waals surface area contributed by atoms with Crippen LogP contribution in [0.1, 0.15) is 30.6 Å². The smallest absolute Gasteiger partial charge is 0.253 e. The highest BCUT2D eigenvalue weighted by atomic mass is 79.9. The average Bonchev–Trinajstić information content (AvgIpc) is 2.28. The Labute approximate surface area is 125 Å². The van der Waals surface area contributed by atoms with Crippen molar-refractivity contribution in [3.63, 3.8) is 0 Å². The number of amides is 1. The van der Waals surface area contributed by atoms with Gasteiger partial charge in [-0.05, 0) is 47.5 Å². The highest BCUT2D eigenvalue weighted by molar-refractivity contribution is 9.10. The minimum absolute atomic E-state index is 0.240. The summed E-state index contributed by atoms with van der Waals surface area (Å²) in [5.74, 6) is -0.240. The van der Waals surface area contributed by atoms with E-state index in [1.807, 2.05) is 6.92 Å². The van der Waals surface area contributed by atoms with Gasteiger partial charge in [0.05, 0.1) is 16.1 Å². The molecule has 1 aromatic carbocycles. The number of hydrogen-bond donors (Lipinski definition) is 2. The molecule has 1 aromatic rings. The third-order valence-electron chi connectivity index (χ3n) is 2.82. The van der Waals surface area contributed by atoms with Crippen LogP contribution in [0.3, 0.4) is 0 Å². The van der Waals surface area contributed by atoms with Crippen LogP contribution in [0, 0.1) is 0 Å². The molecule has 1 amide bonds. The molecule has 0 heterocycles. The van der Waals surface area contributed by atoms with Gasteiger partial charge in [0.1, 0.15) is 0 Å². The molecule has 1 rings (SSSR count). The number of nitrogens with two attached hydrogens (primary N) is 1. The Morgan fingerprint density at radius 3 is 2.67 bits per heavy atom. The number of halogens is 2. The van der Waals surface area contributed by atoms with E-state index in [9.17, 15) is 4.79 Å². The predicted octanol–water partition coefficient (Wildman–Crippen LogP) is 3.29. The maximum absolute atomic E-state index is 12.2. The first-order chi connectivity index (χ1) is 8.30. The Morgan fingerprint density at radius 1 is 1.61 bits per heavy atom. The fourth-order valence-corrected chi connectivity index (χ4v) is 2.37. The second kappa shape index (κ2) is 5.99. The van der Waals surface area contributed by atoms with E-state index >= 15 is 0 Å². The average molecular weight is 350 g/mol. The third kappa shape index (κ3) is 3.43. The minimum atomic E-state index is -0.689. The summed E-state index contributed by atoms with van der Waals surface area (Å²) in [5.41, 5.74) is 5.46. The predicted molar refractivity (Wildman–Crippen MR) is 82.1 cm³/mol. The summed E-state index contributed by atoms with van der Waals surface area (Å²) in [5, 5.41) is 3.40. The van der Waals surface area contributed by atoms with Gasteiger partial charge in [0, 0.05) is 9.50 Å². The number of carbonyl (C=O) groups excluding carboxylic acids is 1.